The Hall–Kier alpha value is -2.71. The molecule has 9 heteroatoms. The van der Waals surface area contributed by atoms with E-state index in [1.807, 2.05) is 0 Å². The Balaban J connectivity index is 1.31. The summed E-state index contributed by atoms with van der Waals surface area (Å²) in [5, 5.41) is 12.4. The summed E-state index contributed by atoms with van der Waals surface area (Å²) in [5.74, 6) is -0.530. The number of piperazine rings is 1. The highest BCUT2D eigenvalue weighted by Crippen LogP contribution is 2.77. The number of carbonyl (C=O) groups is 5. The second-order valence-electron chi connectivity index (χ2n) is 19.1. The molecule has 8 atom stereocenters. The molecule has 1 heterocycles. The minimum Gasteiger partial charge on any atom is -0.481 e. The van der Waals surface area contributed by atoms with Crippen molar-refractivity contribution in [3.63, 3.8) is 0 Å². The molecule has 4 saturated carbocycles. The van der Waals surface area contributed by atoms with Crippen molar-refractivity contribution in [3.05, 3.63) is 11.1 Å². The maximum Gasteiger partial charge on any atom is 0.309 e. The van der Waals surface area contributed by atoms with Gasteiger partial charge in [0.15, 0.2) is 5.78 Å². The number of carboxylic acid groups (broad SMARTS) is 1. The summed E-state index contributed by atoms with van der Waals surface area (Å²) in [7, 11) is 0. The van der Waals surface area contributed by atoms with E-state index < -0.39 is 22.8 Å². The zero-order valence-electron chi connectivity index (χ0n) is 31.4. The number of aliphatic carboxylic acids is 1. The predicted octanol–water partition coefficient (Wildman–Crippen LogP) is 6.34. The molecule has 0 spiro atoms. The molecule has 2 N–H and O–H groups in total. The Morgan fingerprint density at radius 2 is 1.63 bits per heavy atom. The molecule has 0 unspecified atom stereocenters. The monoisotopic (exact) mass is 680 g/mol. The summed E-state index contributed by atoms with van der Waals surface area (Å²) in [4.78, 5) is 67.4. The third-order valence-corrected chi connectivity index (χ3v) is 15.5. The lowest BCUT2D eigenvalue weighted by molar-refractivity contribution is -0.233. The molecular formula is C40H60N2O7. The van der Waals surface area contributed by atoms with Gasteiger partial charge in [-0.2, -0.15) is 0 Å². The van der Waals surface area contributed by atoms with Crippen LogP contribution in [0.1, 0.15) is 127 Å². The van der Waals surface area contributed by atoms with E-state index in [1.165, 1.54) is 0 Å². The number of esters is 1. The number of carbonyl (C=O) groups excluding carboxylic acids is 4. The van der Waals surface area contributed by atoms with E-state index in [1.54, 1.807) is 18.7 Å². The lowest BCUT2D eigenvalue weighted by atomic mass is 9.33. The fourth-order valence-electron chi connectivity index (χ4n) is 12.8. The van der Waals surface area contributed by atoms with Crippen molar-refractivity contribution in [2.24, 2.45) is 56.2 Å². The molecule has 272 valence electrons. The fourth-order valence-corrected chi connectivity index (χ4v) is 12.8. The molecule has 0 aromatic rings. The molecule has 1 saturated heterocycles. The van der Waals surface area contributed by atoms with Crippen LogP contribution in [0.4, 0.5) is 0 Å². The van der Waals surface area contributed by atoms with E-state index in [9.17, 15) is 29.1 Å². The Bertz CT molecular complexity index is 1490. The number of allylic oxidation sites excluding steroid dienone is 1. The Morgan fingerprint density at radius 3 is 2.27 bits per heavy atom. The quantitative estimate of drug-likeness (QED) is 0.313. The van der Waals surface area contributed by atoms with Crippen LogP contribution in [0.2, 0.25) is 0 Å². The van der Waals surface area contributed by atoms with Gasteiger partial charge in [-0.1, -0.05) is 48.5 Å². The van der Waals surface area contributed by atoms with E-state index >= 15 is 0 Å². The first-order valence-electron chi connectivity index (χ1n) is 18.9. The number of ketones is 1. The van der Waals surface area contributed by atoms with Crippen LogP contribution in [-0.4, -0.2) is 65.3 Å². The van der Waals surface area contributed by atoms with Crippen molar-refractivity contribution in [1.29, 1.82) is 0 Å². The summed E-state index contributed by atoms with van der Waals surface area (Å²) in [6.45, 7) is 20.3. The normalized spacial score (nSPS) is 40.2. The van der Waals surface area contributed by atoms with Crippen molar-refractivity contribution < 1.29 is 33.8 Å². The van der Waals surface area contributed by atoms with Gasteiger partial charge >= 0.3 is 11.9 Å². The van der Waals surface area contributed by atoms with Gasteiger partial charge in [-0.15, -0.1) is 0 Å². The number of rotatable bonds is 6. The molecule has 5 aliphatic carbocycles. The number of Topliss-reactive ketones (excluding diaryl/α,β-unsaturated/α-hetero) is 1. The van der Waals surface area contributed by atoms with Gasteiger partial charge in [0.2, 0.25) is 11.8 Å². The van der Waals surface area contributed by atoms with Gasteiger partial charge in [0, 0.05) is 24.9 Å². The predicted molar refractivity (Wildman–Crippen MR) is 185 cm³/mol. The molecule has 6 rings (SSSR count). The Morgan fingerprint density at radius 1 is 0.939 bits per heavy atom. The summed E-state index contributed by atoms with van der Waals surface area (Å²) in [6, 6.07) is 0. The summed E-state index contributed by atoms with van der Waals surface area (Å²) in [6.07, 6.45) is 7.05. The van der Waals surface area contributed by atoms with Crippen LogP contribution < -0.4 is 5.32 Å². The van der Waals surface area contributed by atoms with Crippen LogP contribution >= 0.6 is 0 Å². The highest BCUT2D eigenvalue weighted by atomic mass is 16.5. The Kier molecular flexibility index (Phi) is 8.59. The second kappa shape index (κ2) is 11.7. The molecule has 49 heavy (non-hydrogen) atoms. The Labute approximate surface area is 292 Å². The van der Waals surface area contributed by atoms with E-state index in [-0.39, 0.29) is 76.6 Å². The standard InChI is InChI=1S/C40H60N2O7/c1-23(2)31-25(43)20-40(33(46)42-19-18-41-29(44)22-42)17-16-38(8)24(32(31)40)10-11-27-37(7)14-13-28(49-30(45)21-35(3,4)34(47)48)36(5,6)26(37)12-15-39(27,38)9/h23-24,26-28H,10-22H2,1-9H3,(H,41,44)(H,47,48)/t24-,26+,27-,28+,37+,38-,39-,40-/m1/s1. The van der Waals surface area contributed by atoms with Gasteiger partial charge in [-0.05, 0) is 116 Å². The molecular weight excluding hydrogens is 620 g/mol. The number of hydrogen-bond acceptors (Lipinski definition) is 6. The molecule has 5 fully saturated rings. The summed E-state index contributed by atoms with van der Waals surface area (Å²) < 4.78 is 6.13. The number of nitrogens with zero attached hydrogens (tertiary/aromatic N) is 1. The highest BCUT2D eigenvalue weighted by Gasteiger charge is 2.71. The van der Waals surface area contributed by atoms with Gasteiger partial charge in [0.1, 0.15) is 6.10 Å². The third-order valence-electron chi connectivity index (χ3n) is 15.5. The molecule has 0 radical (unpaired) electrons. The zero-order valence-corrected chi connectivity index (χ0v) is 31.4. The van der Waals surface area contributed by atoms with Gasteiger partial charge < -0.3 is 20.1 Å². The molecule has 2 amide bonds. The van der Waals surface area contributed by atoms with Crippen molar-refractivity contribution in [2.75, 3.05) is 19.6 Å². The maximum atomic E-state index is 14.6. The second-order valence-corrected chi connectivity index (χ2v) is 19.1. The number of nitrogens with one attached hydrogen (secondary N) is 1. The van der Waals surface area contributed by atoms with Crippen LogP contribution in [0.5, 0.6) is 0 Å². The number of ether oxygens (including phenoxy) is 1. The number of hydrogen-bond donors (Lipinski definition) is 2. The number of amides is 2. The lowest BCUT2D eigenvalue weighted by Crippen LogP contribution is -2.66. The van der Waals surface area contributed by atoms with Crippen LogP contribution in [0.15, 0.2) is 11.1 Å². The third kappa shape index (κ3) is 5.16. The minimum atomic E-state index is -1.18. The van der Waals surface area contributed by atoms with Crippen LogP contribution in [0, 0.1) is 56.2 Å². The van der Waals surface area contributed by atoms with Crippen molar-refractivity contribution in [3.8, 4) is 0 Å². The molecule has 9 nitrogen and oxygen atoms in total. The molecule has 0 aromatic heterocycles. The van der Waals surface area contributed by atoms with E-state index in [0.717, 1.165) is 56.1 Å². The largest absolute Gasteiger partial charge is 0.481 e. The first-order valence-corrected chi connectivity index (χ1v) is 18.9. The maximum absolute atomic E-state index is 14.6. The van der Waals surface area contributed by atoms with Crippen LogP contribution in [0.25, 0.3) is 0 Å². The summed E-state index contributed by atoms with van der Waals surface area (Å²) in [5.41, 5.74) is -0.371. The van der Waals surface area contributed by atoms with E-state index in [2.05, 4.69) is 53.8 Å². The SMILES string of the molecule is CC(C)C1=C2[C@H]3CC[C@@H]4[C@@]5(C)CC[C@H](OC(=O)CC(C)(C)C(=O)O)C(C)(C)[C@@H]5CC[C@@]4(C)[C@]3(C)CC[C@@]2(C(=O)N2CCNC(=O)C2)CC1=O. The minimum absolute atomic E-state index is 0.00673. The first kappa shape index (κ1) is 36.1. The van der Waals surface area contributed by atoms with Gasteiger partial charge in [-0.3, -0.25) is 24.0 Å². The summed E-state index contributed by atoms with van der Waals surface area (Å²) >= 11 is 0. The molecule has 0 bridgehead atoms. The molecule has 0 aromatic carbocycles. The first-order chi connectivity index (χ1) is 22.7. The van der Waals surface area contributed by atoms with Gasteiger partial charge in [-0.25, -0.2) is 0 Å². The smallest absolute Gasteiger partial charge is 0.309 e. The van der Waals surface area contributed by atoms with Gasteiger partial charge in [0.05, 0.1) is 23.8 Å². The van der Waals surface area contributed by atoms with E-state index in [4.69, 9.17) is 4.74 Å². The average Bonchev–Trinajstić information content (AvgIpc) is 3.31. The van der Waals surface area contributed by atoms with Crippen molar-refractivity contribution in [2.45, 2.75) is 133 Å². The topological polar surface area (TPSA) is 130 Å². The lowest BCUT2D eigenvalue weighted by Gasteiger charge is -2.72. The van der Waals surface area contributed by atoms with Crippen molar-refractivity contribution >= 4 is 29.5 Å². The average molecular weight is 681 g/mol. The number of carboxylic acids is 1. The van der Waals surface area contributed by atoms with Crippen molar-refractivity contribution in [1.82, 2.24) is 10.2 Å². The van der Waals surface area contributed by atoms with Crippen LogP contribution in [0.3, 0.4) is 0 Å². The number of fused-ring (bicyclic) bond motifs is 7. The molecule has 6 aliphatic rings. The zero-order chi connectivity index (χ0) is 36.1. The van der Waals surface area contributed by atoms with Crippen LogP contribution in [-0.2, 0) is 28.7 Å². The van der Waals surface area contributed by atoms with E-state index in [0.29, 0.717) is 31.3 Å². The van der Waals surface area contributed by atoms with Gasteiger partial charge in [0.25, 0.3) is 0 Å². The fraction of sp³-hybridized carbons (Fsp3) is 0.825. The highest BCUT2D eigenvalue weighted by molar-refractivity contribution is 6.07. The molecule has 1 aliphatic heterocycles.